The monoisotopic (exact) mass is 177 g/mol. The van der Waals surface area contributed by atoms with Crippen molar-refractivity contribution in [3.63, 3.8) is 0 Å². The highest BCUT2D eigenvalue weighted by molar-refractivity contribution is 6.36. The van der Waals surface area contributed by atoms with Crippen molar-refractivity contribution in [2.75, 3.05) is 0 Å². The smallest absolute Gasteiger partial charge is 0.288 e. The first-order valence-corrected chi connectivity index (χ1v) is 3.68. The lowest BCUT2D eigenvalue weighted by atomic mass is 10.1. The third-order valence-electron chi connectivity index (χ3n) is 1.53. The Morgan fingerprint density at radius 2 is 1.77 bits per heavy atom. The molecule has 1 aromatic rings. The SMILES string of the molecule is O=NC(=O)C(=O)Cc1ccccc1. The van der Waals surface area contributed by atoms with Crippen molar-refractivity contribution in [2.45, 2.75) is 6.42 Å². The third kappa shape index (κ3) is 2.59. The molecule has 1 amide bonds. The fraction of sp³-hybridized carbons (Fsp3) is 0.111. The van der Waals surface area contributed by atoms with Crippen LogP contribution in [-0.2, 0) is 16.0 Å². The van der Waals surface area contributed by atoms with Crippen LogP contribution in [0.25, 0.3) is 0 Å². The number of nitroso groups, excluding NO2 is 1. The number of nitrogens with zero attached hydrogens (tertiary/aromatic N) is 1. The van der Waals surface area contributed by atoms with Gasteiger partial charge >= 0.3 is 5.91 Å². The van der Waals surface area contributed by atoms with Gasteiger partial charge in [-0.1, -0.05) is 30.3 Å². The second-order valence-corrected chi connectivity index (χ2v) is 2.48. The van der Waals surface area contributed by atoms with Crippen molar-refractivity contribution < 1.29 is 9.59 Å². The second-order valence-electron chi connectivity index (χ2n) is 2.48. The molecule has 0 aliphatic heterocycles. The molecule has 0 bridgehead atoms. The third-order valence-corrected chi connectivity index (χ3v) is 1.53. The minimum atomic E-state index is -1.22. The molecule has 0 aliphatic carbocycles. The first-order chi connectivity index (χ1) is 6.24. The molecule has 0 radical (unpaired) electrons. The largest absolute Gasteiger partial charge is 0.352 e. The summed E-state index contributed by atoms with van der Waals surface area (Å²) < 4.78 is 0. The highest BCUT2D eigenvalue weighted by atomic mass is 16.3. The van der Waals surface area contributed by atoms with Crippen LogP contribution in [0.2, 0.25) is 0 Å². The van der Waals surface area contributed by atoms with Gasteiger partial charge in [0.2, 0.25) is 5.78 Å². The van der Waals surface area contributed by atoms with Crippen LogP contribution in [0.15, 0.2) is 35.5 Å². The van der Waals surface area contributed by atoms with Gasteiger partial charge in [-0.3, -0.25) is 9.59 Å². The van der Waals surface area contributed by atoms with E-state index in [2.05, 4.69) is 0 Å². The van der Waals surface area contributed by atoms with Crippen LogP contribution >= 0.6 is 0 Å². The highest BCUT2D eigenvalue weighted by Crippen LogP contribution is 2.00. The number of rotatable bonds is 3. The Balaban J connectivity index is 2.65. The summed E-state index contributed by atoms with van der Waals surface area (Å²) in [6.07, 6.45) is -0.0641. The maximum Gasteiger partial charge on any atom is 0.352 e. The van der Waals surface area contributed by atoms with Crippen molar-refractivity contribution in [3.8, 4) is 0 Å². The summed E-state index contributed by atoms with van der Waals surface area (Å²) in [6, 6.07) is 8.71. The van der Waals surface area contributed by atoms with Gasteiger partial charge in [-0.2, -0.15) is 0 Å². The fourth-order valence-electron chi connectivity index (χ4n) is 0.908. The minimum Gasteiger partial charge on any atom is -0.288 e. The first-order valence-electron chi connectivity index (χ1n) is 3.68. The molecule has 0 saturated carbocycles. The number of Topliss-reactive ketones (excluding diaryl/α,β-unsaturated/α-hetero) is 1. The van der Waals surface area contributed by atoms with E-state index < -0.39 is 11.7 Å². The zero-order valence-electron chi connectivity index (χ0n) is 6.77. The maximum absolute atomic E-state index is 10.9. The Labute approximate surface area is 74.5 Å². The summed E-state index contributed by atoms with van der Waals surface area (Å²) in [5.74, 6) is -2.00. The highest BCUT2D eigenvalue weighted by Gasteiger charge is 2.13. The molecule has 0 spiro atoms. The van der Waals surface area contributed by atoms with Crippen LogP contribution in [0.3, 0.4) is 0 Å². The Morgan fingerprint density at radius 1 is 1.15 bits per heavy atom. The average Bonchev–Trinajstić information content (AvgIpc) is 2.18. The number of carbonyl (C=O) groups excluding carboxylic acids is 2. The van der Waals surface area contributed by atoms with E-state index in [1.54, 1.807) is 30.3 Å². The summed E-state index contributed by atoms with van der Waals surface area (Å²) in [7, 11) is 0. The van der Waals surface area contributed by atoms with E-state index in [-0.39, 0.29) is 6.42 Å². The van der Waals surface area contributed by atoms with Crippen LogP contribution in [-0.4, -0.2) is 11.7 Å². The lowest BCUT2D eigenvalue weighted by Gasteiger charge is -1.94. The molecule has 0 N–H and O–H groups in total. The number of hydrogen-bond acceptors (Lipinski definition) is 3. The molecule has 66 valence electrons. The number of hydrogen-bond donors (Lipinski definition) is 0. The number of benzene rings is 1. The van der Waals surface area contributed by atoms with Crippen LogP contribution in [0.5, 0.6) is 0 Å². The Hall–Kier alpha value is -1.84. The number of carbonyl (C=O) groups is 2. The predicted molar refractivity (Wildman–Crippen MR) is 46.0 cm³/mol. The molecule has 4 nitrogen and oxygen atoms in total. The molecule has 1 aromatic carbocycles. The molecular formula is C9H7NO3. The molecule has 0 saturated heterocycles. The topological polar surface area (TPSA) is 63.6 Å². The Kier molecular flexibility index (Phi) is 3.03. The van der Waals surface area contributed by atoms with E-state index in [4.69, 9.17) is 0 Å². The predicted octanol–water partition coefficient (Wildman–Crippen LogP) is 1.09. The molecule has 13 heavy (non-hydrogen) atoms. The fourth-order valence-corrected chi connectivity index (χ4v) is 0.908. The molecule has 0 heterocycles. The molecule has 0 aromatic heterocycles. The average molecular weight is 177 g/mol. The van der Waals surface area contributed by atoms with Gasteiger partial charge in [0.1, 0.15) is 0 Å². The van der Waals surface area contributed by atoms with Crippen LogP contribution in [0, 0.1) is 4.91 Å². The molecule has 0 atom stereocenters. The zero-order chi connectivity index (χ0) is 9.68. The molecule has 1 rings (SSSR count). The summed E-state index contributed by atoms with van der Waals surface area (Å²) in [5, 5.41) is 2.05. The Morgan fingerprint density at radius 3 is 2.31 bits per heavy atom. The van der Waals surface area contributed by atoms with Crippen molar-refractivity contribution >= 4 is 11.7 Å². The van der Waals surface area contributed by atoms with Crippen LogP contribution < -0.4 is 0 Å². The summed E-state index contributed by atoms with van der Waals surface area (Å²) in [6.45, 7) is 0. The van der Waals surface area contributed by atoms with Gasteiger partial charge in [-0.15, -0.1) is 4.91 Å². The van der Waals surface area contributed by atoms with Crippen LogP contribution in [0.4, 0.5) is 0 Å². The minimum absolute atomic E-state index is 0.0641. The van der Waals surface area contributed by atoms with Gasteiger partial charge in [0.25, 0.3) is 0 Å². The molecule has 0 unspecified atom stereocenters. The lowest BCUT2D eigenvalue weighted by molar-refractivity contribution is -0.135. The maximum atomic E-state index is 10.9. The number of amides is 1. The van der Waals surface area contributed by atoms with E-state index in [1.807, 2.05) is 5.18 Å². The first kappa shape index (κ1) is 9.25. The van der Waals surface area contributed by atoms with E-state index in [9.17, 15) is 14.5 Å². The summed E-state index contributed by atoms with van der Waals surface area (Å²) in [5.41, 5.74) is 0.699. The summed E-state index contributed by atoms with van der Waals surface area (Å²) >= 11 is 0. The normalized spacial score (nSPS) is 9.23. The second kappa shape index (κ2) is 4.25. The molecule has 4 heteroatoms. The molecule has 0 fully saturated rings. The van der Waals surface area contributed by atoms with E-state index >= 15 is 0 Å². The Bertz CT molecular complexity index is 332. The summed E-state index contributed by atoms with van der Waals surface area (Å²) in [4.78, 5) is 31.1. The zero-order valence-corrected chi connectivity index (χ0v) is 6.77. The number of ketones is 1. The molecule has 0 aliphatic rings. The van der Waals surface area contributed by atoms with Gasteiger partial charge in [0, 0.05) is 11.6 Å². The van der Waals surface area contributed by atoms with E-state index in [0.29, 0.717) is 5.56 Å². The van der Waals surface area contributed by atoms with E-state index in [0.717, 1.165) is 0 Å². The van der Waals surface area contributed by atoms with Crippen molar-refractivity contribution in [3.05, 3.63) is 40.8 Å². The van der Waals surface area contributed by atoms with Crippen LogP contribution in [0.1, 0.15) is 5.56 Å². The van der Waals surface area contributed by atoms with Gasteiger partial charge in [-0.25, -0.2) is 0 Å². The van der Waals surface area contributed by atoms with E-state index in [1.165, 1.54) is 0 Å². The standard InChI is InChI=1S/C9H7NO3/c11-8(9(12)10-13)6-7-4-2-1-3-5-7/h1-5H,6H2. The van der Waals surface area contributed by atoms with Gasteiger partial charge in [0.05, 0.1) is 0 Å². The van der Waals surface area contributed by atoms with Crippen molar-refractivity contribution in [1.29, 1.82) is 0 Å². The van der Waals surface area contributed by atoms with Gasteiger partial charge in [-0.05, 0) is 5.56 Å². The molecular weight excluding hydrogens is 170 g/mol. The quantitative estimate of drug-likeness (QED) is 0.512. The van der Waals surface area contributed by atoms with Crippen molar-refractivity contribution in [1.82, 2.24) is 0 Å². The van der Waals surface area contributed by atoms with Gasteiger partial charge < -0.3 is 0 Å². The van der Waals surface area contributed by atoms with Crippen molar-refractivity contribution in [2.24, 2.45) is 5.18 Å². The lowest BCUT2D eigenvalue weighted by Crippen LogP contribution is -2.13. The van der Waals surface area contributed by atoms with Gasteiger partial charge in [0.15, 0.2) is 0 Å².